The largest absolute Gasteiger partial charge is 0.393 e. The Labute approximate surface area is 97.8 Å². The van der Waals surface area contributed by atoms with Gasteiger partial charge in [-0.3, -0.25) is 14.8 Å². The molecule has 88 valence electrons. The quantitative estimate of drug-likeness (QED) is 0.496. The molecule has 0 spiro atoms. The second-order valence-corrected chi connectivity index (χ2v) is 3.80. The Balaban J connectivity index is 2.23. The molecule has 0 radical (unpaired) electrons. The van der Waals surface area contributed by atoms with E-state index in [4.69, 9.17) is 5.73 Å². The van der Waals surface area contributed by atoms with Crippen LogP contribution < -0.4 is 5.73 Å². The van der Waals surface area contributed by atoms with E-state index in [2.05, 4.69) is 5.10 Å². The number of nitrogen functional groups attached to an aromatic ring is 1. The van der Waals surface area contributed by atoms with Crippen molar-refractivity contribution in [2.75, 3.05) is 5.73 Å². The highest BCUT2D eigenvalue weighted by Crippen LogP contribution is 2.22. The number of nitrogens with zero attached hydrogens (tertiary/aromatic N) is 3. The first-order valence-electron chi connectivity index (χ1n) is 5.09. The number of hydrogen-bond acceptors (Lipinski definition) is 4. The van der Waals surface area contributed by atoms with Crippen molar-refractivity contribution in [2.45, 2.75) is 13.5 Å². The first-order valence-corrected chi connectivity index (χ1v) is 5.09. The van der Waals surface area contributed by atoms with Crippen molar-refractivity contribution in [2.24, 2.45) is 0 Å². The molecular formula is C11H12N4O2. The van der Waals surface area contributed by atoms with Crippen LogP contribution in [0.1, 0.15) is 11.3 Å². The molecule has 0 bridgehead atoms. The van der Waals surface area contributed by atoms with Gasteiger partial charge in [0.2, 0.25) is 0 Å². The molecule has 0 aliphatic carbocycles. The molecule has 6 nitrogen and oxygen atoms in total. The van der Waals surface area contributed by atoms with E-state index in [0.717, 1.165) is 11.3 Å². The fourth-order valence-corrected chi connectivity index (χ4v) is 1.61. The summed E-state index contributed by atoms with van der Waals surface area (Å²) in [5.41, 5.74) is 7.54. The predicted molar refractivity (Wildman–Crippen MR) is 63.6 cm³/mol. The molecule has 1 aromatic heterocycles. The number of anilines is 1. The molecule has 6 heteroatoms. The van der Waals surface area contributed by atoms with Crippen molar-refractivity contribution in [3.8, 4) is 0 Å². The fraction of sp³-hybridized carbons (Fsp3) is 0.182. The van der Waals surface area contributed by atoms with Crippen molar-refractivity contribution >= 4 is 11.4 Å². The zero-order valence-corrected chi connectivity index (χ0v) is 9.33. The normalized spacial score (nSPS) is 10.4. The molecule has 1 aromatic carbocycles. The van der Waals surface area contributed by atoms with Crippen molar-refractivity contribution in [3.05, 3.63) is 51.8 Å². The first-order chi connectivity index (χ1) is 8.06. The molecule has 0 aliphatic rings. The summed E-state index contributed by atoms with van der Waals surface area (Å²) < 4.78 is 1.76. The van der Waals surface area contributed by atoms with Gasteiger partial charge in [-0.2, -0.15) is 5.10 Å². The molecule has 2 N–H and O–H groups in total. The Morgan fingerprint density at radius 2 is 2.24 bits per heavy atom. The third-order valence-corrected chi connectivity index (χ3v) is 2.41. The molecule has 1 heterocycles. The number of nitro benzene ring substituents is 1. The van der Waals surface area contributed by atoms with Crippen LogP contribution in [0.2, 0.25) is 0 Å². The number of hydrogen-bond donors (Lipinski definition) is 1. The second-order valence-electron chi connectivity index (χ2n) is 3.80. The average molecular weight is 232 g/mol. The molecule has 0 fully saturated rings. The minimum Gasteiger partial charge on any atom is -0.393 e. The molecule has 0 saturated carbocycles. The Bertz CT molecular complexity index is 562. The van der Waals surface area contributed by atoms with Crippen LogP contribution in [0.4, 0.5) is 11.4 Å². The predicted octanol–water partition coefficient (Wildman–Crippen LogP) is 1.73. The molecule has 0 saturated heterocycles. The molecular weight excluding hydrogens is 220 g/mol. The van der Waals surface area contributed by atoms with Crippen LogP contribution in [0.5, 0.6) is 0 Å². The molecule has 17 heavy (non-hydrogen) atoms. The highest BCUT2D eigenvalue weighted by molar-refractivity contribution is 5.59. The van der Waals surface area contributed by atoms with Gasteiger partial charge in [0, 0.05) is 12.3 Å². The van der Waals surface area contributed by atoms with Crippen LogP contribution >= 0.6 is 0 Å². The Morgan fingerprint density at radius 1 is 1.47 bits per heavy atom. The van der Waals surface area contributed by atoms with Crippen molar-refractivity contribution in [1.29, 1.82) is 0 Å². The van der Waals surface area contributed by atoms with Crippen molar-refractivity contribution < 1.29 is 4.92 Å². The van der Waals surface area contributed by atoms with Crippen LogP contribution in [0.3, 0.4) is 0 Å². The highest BCUT2D eigenvalue weighted by atomic mass is 16.6. The molecule has 0 amide bonds. The van der Waals surface area contributed by atoms with E-state index in [9.17, 15) is 10.1 Å². The van der Waals surface area contributed by atoms with E-state index >= 15 is 0 Å². The van der Waals surface area contributed by atoms with Gasteiger partial charge in [0.1, 0.15) is 5.69 Å². The number of aryl methyl sites for hydroxylation is 1. The molecule has 0 atom stereocenters. The smallest absolute Gasteiger partial charge is 0.292 e. The van der Waals surface area contributed by atoms with E-state index in [0.29, 0.717) is 6.54 Å². The average Bonchev–Trinajstić information content (AvgIpc) is 2.63. The molecule has 2 rings (SSSR count). The lowest BCUT2D eigenvalue weighted by Crippen LogP contribution is -2.02. The number of aromatic nitrogens is 2. The Morgan fingerprint density at radius 3 is 2.76 bits per heavy atom. The minimum absolute atomic E-state index is 0.0644. The van der Waals surface area contributed by atoms with Crippen LogP contribution in [-0.4, -0.2) is 14.7 Å². The van der Waals surface area contributed by atoms with Crippen molar-refractivity contribution in [3.63, 3.8) is 0 Å². The monoisotopic (exact) mass is 232 g/mol. The number of rotatable bonds is 3. The van der Waals surface area contributed by atoms with Gasteiger partial charge in [-0.15, -0.1) is 0 Å². The van der Waals surface area contributed by atoms with E-state index in [-0.39, 0.29) is 11.4 Å². The summed E-state index contributed by atoms with van der Waals surface area (Å²) in [5, 5.41) is 14.8. The van der Waals surface area contributed by atoms with Gasteiger partial charge in [-0.25, -0.2) is 0 Å². The van der Waals surface area contributed by atoms with Gasteiger partial charge >= 0.3 is 0 Å². The van der Waals surface area contributed by atoms with Crippen LogP contribution in [0.15, 0.2) is 30.5 Å². The maximum Gasteiger partial charge on any atom is 0.292 e. The molecule has 0 unspecified atom stereocenters. The van der Waals surface area contributed by atoms with Gasteiger partial charge in [-0.05, 0) is 24.6 Å². The Hall–Kier alpha value is -2.37. The standard InChI is InChI=1S/C11H12N4O2/c1-8-4-5-14(13-8)7-9-2-3-11(15(16)17)10(12)6-9/h2-6H,7,12H2,1H3. The van der Waals surface area contributed by atoms with E-state index in [1.807, 2.05) is 19.2 Å². The van der Waals surface area contributed by atoms with Crippen LogP contribution in [0, 0.1) is 17.0 Å². The van der Waals surface area contributed by atoms with Crippen molar-refractivity contribution in [1.82, 2.24) is 9.78 Å². The summed E-state index contributed by atoms with van der Waals surface area (Å²) in [5.74, 6) is 0. The summed E-state index contributed by atoms with van der Waals surface area (Å²) >= 11 is 0. The van der Waals surface area contributed by atoms with Gasteiger partial charge in [0.15, 0.2) is 0 Å². The topological polar surface area (TPSA) is 87.0 Å². The maximum atomic E-state index is 10.6. The minimum atomic E-state index is -0.489. The lowest BCUT2D eigenvalue weighted by Gasteiger charge is -2.03. The highest BCUT2D eigenvalue weighted by Gasteiger charge is 2.11. The lowest BCUT2D eigenvalue weighted by atomic mass is 10.2. The SMILES string of the molecule is Cc1ccn(Cc2ccc([N+](=O)[O-])c(N)c2)n1. The maximum absolute atomic E-state index is 10.6. The van der Waals surface area contributed by atoms with E-state index in [1.165, 1.54) is 6.07 Å². The number of nitro groups is 1. The van der Waals surface area contributed by atoms with Gasteiger partial charge in [-0.1, -0.05) is 6.07 Å². The zero-order chi connectivity index (χ0) is 12.4. The summed E-state index contributed by atoms with van der Waals surface area (Å²) in [6, 6.07) is 6.61. The van der Waals surface area contributed by atoms with Crippen LogP contribution in [-0.2, 0) is 6.54 Å². The van der Waals surface area contributed by atoms with Gasteiger partial charge < -0.3 is 5.73 Å². The lowest BCUT2D eigenvalue weighted by molar-refractivity contribution is -0.383. The summed E-state index contributed by atoms with van der Waals surface area (Å²) in [6.45, 7) is 2.46. The summed E-state index contributed by atoms with van der Waals surface area (Å²) in [4.78, 5) is 10.1. The van der Waals surface area contributed by atoms with Crippen LogP contribution in [0.25, 0.3) is 0 Å². The van der Waals surface area contributed by atoms with E-state index in [1.54, 1.807) is 16.8 Å². The second kappa shape index (κ2) is 4.25. The molecule has 0 aliphatic heterocycles. The fourth-order valence-electron chi connectivity index (χ4n) is 1.61. The summed E-state index contributed by atoms with van der Waals surface area (Å²) in [7, 11) is 0. The van der Waals surface area contributed by atoms with Gasteiger partial charge in [0.25, 0.3) is 5.69 Å². The van der Waals surface area contributed by atoms with E-state index < -0.39 is 4.92 Å². The Kier molecular flexibility index (Phi) is 2.78. The van der Waals surface area contributed by atoms with Gasteiger partial charge in [0.05, 0.1) is 17.2 Å². The third kappa shape index (κ3) is 2.41. The number of nitrogens with two attached hydrogens (primary N) is 1. The number of benzene rings is 1. The first kappa shape index (κ1) is 11.1. The zero-order valence-electron chi connectivity index (χ0n) is 9.33. The molecule has 2 aromatic rings. The summed E-state index contributed by atoms with van der Waals surface area (Å²) in [6.07, 6.45) is 1.85. The third-order valence-electron chi connectivity index (χ3n) is 2.41.